The molecule has 41 heavy (non-hydrogen) atoms. The van der Waals surface area contributed by atoms with Crippen molar-refractivity contribution < 1.29 is 56.1 Å². The van der Waals surface area contributed by atoms with Gasteiger partial charge in [-0.25, -0.2) is 0 Å². The van der Waals surface area contributed by atoms with Crippen LogP contribution >= 0.6 is 0 Å². The quantitative estimate of drug-likeness (QED) is 0.301. The SMILES string of the molecule is Cc1cc(C)cc(-c2cc3c(cc2C(C)(C)C)-c2cc(C(C)(C)C)c(-c4cc(C)cc(C)c4)c(O)c2C3)c1.[Cl-].[Cl-].[Zr+2]. The maximum atomic E-state index is 11.9. The van der Waals surface area contributed by atoms with E-state index >= 15 is 0 Å². The third-order valence-electron chi connectivity index (χ3n) is 7.97. The van der Waals surface area contributed by atoms with Crippen molar-refractivity contribution in [3.05, 3.63) is 99.1 Å². The molecule has 0 unspecified atom stereocenters. The minimum absolute atomic E-state index is 0. The number of fused-ring (bicyclic) bond motifs is 3. The Hall–Kier alpha value is -1.86. The van der Waals surface area contributed by atoms with Gasteiger partial charge >= 0.3 is 26.2 Å². The molecule has 0 amide bonds. The Kier molecular flexibility index (Phi) is 10.7. The van der Waals surface area contributed by atoms with Crippen LogP contribution in [0.3, 0.4) is 0 Å². The Morgan fingerprint density at radius 3 is 1.44 bits per heavy atom. The zero-order chi connectivity index (χ0) is 27.7. The van der Waals surface area contributed by atoms with Gasteiger partial charge in [-0.1, -0.05) is 100 Å². The molecule has 4 aromatic rings. The summed E-state index contributed by atoms with van der Waals surface area (Å²) in [5, 5.41) is 11.9. The molecule has 0 saturated carbocycles. The smallest absolute Gasteiger partial charge is 1.00 e. The third-order valence-corrected chi connectivity index (χ3v) is 7.97. The summed E-state index contributed by atoms with van der Waals surface area (Å²) in [4.78, 5) is 0. The van der Waals surface area contributed by atoms with Crippen LogP contribution < -0.4 is 24.8 Å². The first-order valence-corrected chi connectivity index (χ1v) is 13.9. The zero-order valence-electron chi connectivity index (χ0n) is 26.1. The molecule has 0 atom stereocenters. The molecule has 5 rings (SSSR count). The molecule has 0 fully saturated rings. The fraction of sp³-hybridized carbons (Fsp3) is 0.351. The second kappa shape index (κ2) is 12.4. The number of aryl methyl sites for hydroxylation is 4. The molecule has 1 aliphatic carbocycles. The summed E-state index contributed by atoms with van der Waals surface area (Å²) in [6.45, 7) is 22.3. The first kappa shape index (κ1) is 35.3. The van der Waals surface area contributed by atoms with Crippen LogP contribution in [0.2, 0.25) is 0 Å². The van der Waals surface area contributed by atoms with Gasteiger partial charge in [-0.05, 0) is 101 Å². The minimum Gasteiger partial charge on any atom is -1.00 e. The van der Waals surface area contributed by atoms with Crippen molar-refractivity contribution in [2.24, 2.45) is 0 Å². The molecule has 0 radical (unpaired) electrons. The Balaban J connectivity index is 0.00000196. The van der Waals surface area contributed by atoms with Gasteiger partial charge in [-0.3, -0.25) is 0 Å². The van der Waals surface area contributed by atoms with E-state index in [0.717, 1.165) is 23.1 Å². The van der Waals surface area contributed by atoms with E-state index in [1.165, 1.54) is 61.2 Å². The van der Waals surface area contributed by atoms with E-state index in [2.05, 4.69) is 124 Å². The Morgan fingerprint density at radius 2 is 0.976 bits per heavy atom. The normalized spacial score (nSPS) is 12.0. The Morgan fingerprint density at radius 1 is 0.537 bits per heavy atom. The van der Waals surface area contributed by atoms with Crippen molar-refractivity contribution >= 4 is 0 Å². The summed E-state index contributed by atoms with van der Waals surface area (Å²) in [6, 6.07) is 20.7. The summed E-state index contributed by atoms with van der Waals surface area (Å²) >= 11 is 0. The van der Waals surface area contributed by atoms with E-state index < -0.39 is 0 Å². The number of halogens is 2. The van der Waals surface area contributed by atoms with E-state index in [4.69, 9.17) is 0 Å². The molecular weight excluding hydrogens is 623 g/mol. The molecule has 1 N–H and O–H groups in total. The summed E-state index contributed by atoms with van der Waals surface area (Å²) in [5.74, 6) is 0.443. The number of phenolic OH excluding ortho intramolecular Hbond substituents is 1. The molecule has 0 spiro atoms. The number of hydrogen-bond donors (Lipinski definition) is 1. The first-order chi connectivity index (χ1) is 17.6. The summed E-state index contributed by atoms with van der Waals surface area (Å²) in [6.07, 6.45) is 0.751. The fourth-order valence-corrected chi connectivity index (χ4v) is 6.35. The van der Waals surface area contributed by atoms with Gasteiger partial charge in [0.25, 0.3) is 0 Å². The van der Waals surface area contributed by atoms with Crippen LogP contribution in [0, 0.1) is 27.7 Å². The van der Waals surface area contributed by atoms with Crippen LogP contribution in [-0.4, -0.2) is 5.11 Å². The summed E-state index contributed by atoms with van der Waals surface area (Å²) in [7, 11) is 0. The molecule has 0 aromatic heterocycles. The monoisotopic (exact) mass is 662 g/mol. The van der Waals surface area contributed by atoms with Gasteiger partial charge in [-0.2, -0.15) is 0 Å². The van der Waals surface area contributed by atoms with Crippen molar-refractivity contribution in [3.8, 4) is 39.1 Å². The molecule has 0 saturated heterocycles. The standard InChI is InChI=1S/C37H42O.2ClH.Zr/c1-21-11-22(2)14-25(13-21)29-17-26-18-31-30(28(26)19-32(29)36(5,6)7)20-33(37(8,9)10)34(35(31)38)27-15-23(3)12-24(4)16-27;;;/h11-17,19-20,38H,18H2,1-10H3;2*1H;/q;;;+2/p-2. The third kappa shape index (κ3) is 6.71. The van der Waals surface area contributed by atoms with Crippen molar-refractivity contribution in [2.45, 2.75) is 86.5 Å². The molecule has 1 nitrogen and oxygen atoms in total. The molecule has 214 valence electrons. The second-order valence-corrected chi connectivity index (χ2v) is 13.7. The van der Waals surface area contributed by atoms with Crippen LogP contribution in [0.4, 0.5) is 0 Å². The van der Waals surface area contributed by atoms with Gasteiger partial charge < -0.3 is 29.9 Å². The van der Waals surface area contributed by atoms with E-state index in [1.54, 1.807) is 0 Å². The molecule has 1 aliphatic rings. The molecule has 4 aromatic carbocycles. The van der Waals surface area contributed by atoms with Gasteiger partial charge in [0.05, 0.1) is 0 Å². The topological polar surface area (TPSA) is 20.2 Å². The number of hydrogen-bond acceptors (Lipinski definition) is 1. The number of rotatable bonds is 2. The van der Waals surface area contributed by atoms with Crippen LogP contribution in [-0.2, 0) is 43.5 Å². The van der Waals surface area contributed by atoms with Crippen molar-refractivity contribution in [3.63, 3.8) is 0 Å². The summed E-state index contributed by atoms with van der Waals surface area (Å²) < 4.78 is 0. The predicted molar refractivity (Wildman–Crippen MR) is 164 cm³/mol. The Bertz CT molecular complexity index is 1560. The largest absolute Gasteiger partial charge is 2.00 e. The van der Waals surface area contributed by atoms with Crippen LogP contribution in [0.25, 0.3) is 33.4 Å². The average molecular weight is 665 g/mol. The van der Waals surface area contributed by atoms with Crippen molar-refractivity contribution in [1.29, 1.82) is 0 Å². The van der Waals surface area contributed by atoms with E-state index in [1.807, 2.05) is 0 Å². The zero-order valence-corrected chi connectivity index (χ0v) is 30.1. The van der Waals surface area contributed by atoms with Crippen LogP contribution in [0.1, 0.15) is 86.1 Å². The molecule has 0 bridgehead atoms. The van der Waals surface area contributed by atoms with Crippen molar-refractivity contribution in [1.82, 2.24) is 0 Å². The average Bonchev–Trinajstić information content (AvgIpc) is 3.14. The Labute approximate surface area is 279 Å². The maximum absolute atomic E-state index is 11.9. The van der Waals surface area contributed by atoms with Gasteiger partial charge in [0.2, 0.25) is 0 Å². The molecule has 0 heterocycles. The van der Waals surface area contributed by atoms with Gasteiger partial charge in [0, 0.05) is 17.5 Å². The molecule has 0 aliphatic heterocycles. The minimum atomic E-state index is -0.117. The number of phenols is 1. The van der Waals surface area contributed by atoms with E-state index in [9.17, 15) is 5.11 Å². The van der Waals surface area contributed by atoms with Crippen LogP contribution in [0.15, 0.2) is 54.6 Å². The predicted octanol–water partition coefficient (Wildman–Crippen LogP) is 4.13. The van der Waals surface area contributed by atoms with E-state index in [0.29, 0.717) is 5.75 Å². The fourth-order valence-electron chi connectivity index (χ4n) is 6.35. The molecule has 4 heteroatoms. The van der Waals surface area contributed by atoms with Crippen LogP contribution in [0.5, 0.6) is 5.75 Å². The second-order valence-electron chi connectivity index (χ2n) is 13.7. The molecular formula is C37H42Cl2OZr. The summed E-state index contributed by atoms with van der Waals surface area (Å²) in [5.41, 5.74) is 16.9. The van der Waals surface area contributed by atoms with E-state index in [-0.39, 0.29) is 61.8 Å². The number of benzene rings is 4. The maximum Gasteiger partial charge on any atom is 2.00 e. The van der Waals surface area contributed by atoms with Crippen molar-refractivity contribution in [2.75, 3.05) is 0 Å². The number of aromatic hydroxyl groups is 1. The van der Waals surface area contributed by atoms with Gasteiger partial charge in [0.1, 0.15) is 5.75 Å². The first-order valence-electron chi connectivity index (χ1n) is 13.9. The van der Waals surface area contributed by atoms with Gasteiger partial charge in [-0.15, -0.1) is 0 Å². The van der Waals surface area contributed by atoms with Gasteiger partial charge in [0.15, 0.2) is 0 Å².